The Bertz CT molecular complexity index is 1320. The summed E-state index contributed by atoms with van der Waals surface area (Å²) in [5, 5.41) is 16.1. The molecular formula is C25H23Cl2N5OS. The van der Waals surface area contributed by atoms with Crippen molar-refractivity contribution in [2.75, 3.05) is 5.32 Å². The van der Waals surface area contributed by atoms with Crippen LogP contribution in [0.5, 0.6) is 0 Å². The molecule has 0 aliphatic carbocycles. The minimum Gasteiger partial charge on any atom is -0.331 e. The molecule has 3 aromatic carbocycles. The number of aryl methyl sites for hydroxylation is 2. The first-order chi connectivity index (χ1) is 16.4. The molecule has 4 rings (SSSR count). The lowest BCUT2D eigenvalue weighted by Crippen LogP contribution is -2.29. The maximum absolute atomic E-state index is 12.5. The Morgan fingerprint density at radius 1 is 0.971 bits per heavy atom. The van der Waals surface area contributed by atoms with Gasteiger partial charge in [0.05, 0.1) is 17.3 Å². The second kappa shape index (κ2) is 11.0. The number of thioether (sulfide) groups is 1. The Morgan fingerprint density at radius 2 is 1.74 bits per heavy atom. The van der Waals surface area contributed by atoms with Crippen LogP contribution in [0, 0.1) is 13.8 Å². The van der Waals surface area contributed by atoms with Crippen LogP contribution in [0.3, 0.4) is 0 Å². The first-order valence-corrected chi connectivity index (χ1v) is 12.3. The average molecular weight is 512 g/mol. The summed E-state index contributed by atoms with van der Waals surface area (Å²) in [7, 11) is 0. The number of rotatable bonds is 7. The summed E-state index contributed by atoms with van der Waals surface area (Å²) < 4.78 is 1.83. The van der Waals surface area contributed by atoms with Crippen LogP contribution in [0.15, 0.2) is 71.9 Å². The van der Waals surface area contributed by atoms with E-state index < -0.39 is 0 Å². The van der Waals surface area contributed by atoms with Crippen LogP contribution in [0.2, 0.25) is 10.0 Å². The van der Waals surface area contributed by atoms with Gasteiger partial charge in [-0.15, -0.1) is 10.2 Å². The fourth-order valence-electron chi connectivity index (χ4n) is 3.41. The Morgan fingerprint density at radius 3 is 2.50 bits per heavy atom. The molecule has 2 amide bonds. The number of nitrogens with zero attached hydrogens (tertiary/aromatic N) is 3. The highest BCUT2D eigenvalue weighted by Crippen LogP contribution is 2.31. The molecule has 174 valence electrons. The van der Waals surface area contributed by atoms with E-state index in [0.29, 0.717) is 38.2 Å². The van der Waals surface area contributed by atoms with Gasteiger partial charge in [0.1, 0.15) is 0 Å². The Balaban J connectivity index is 1.56. The highest BCUT2D eigenvalue weighted by Gasteiger charge is 2.18. The van der Waals surface area contributed by atoms with Crippen molar-refractivity contribution in [3.05, 3.63) is 99.3 Å². The van der Waals surface area contributed by atoms with Crippen molar-refractivity contribution < 1.29 is 4.79 Å². The van der Waals surface area contributed by atoms with Gasteiger partial charge in [-0.25, -0.2) is 4.79 Å². The summed E-state index contributed by atoms with van der Waals surface area (Å²) in [6, 6.07) is 20.8. The second-order valence-corrected chi connectivity index (χ2v) is 9.57. The van der Waals surface area contributed by atoms with Crippen LogP contribution in [-0.4, -0.2) is 20.8 Å². The van der Waals surface area contributed by atoms with Crippen molar-refractivity contribution in [3.63, 3.8) is 0 Å². The van der Waals surface area contributed by atoms with E-state index in [1.165, 1.54) is 22.9 Å². The smallest absolute Gasteiger partial charge is 0.319 e. The number of halogens is 2. The van der Waals surface area contributed by atoms with Gasteiger partial charge in [-0.05, 0) is 55.3 Å². The second-order valence-electron chi connectivity index (χ2n) is 7.78. The summed E-state index contributed by atoms with van der Waals surface area (Å²) in [6.45, 7) is 4.18. The number of urea groups is 1. The predicted molar refractivity (Wildman–Crippen MR) is 139 cm³/mol. The van der Waals surface area contributed by atoms with Crippen LogP contribution in [0.4, 0.5) is 10.5 Å². The molecule has 0 saturated heterocycles. The third-order valence-electron chi connectivity index (χ3n) is 4.98. The van der Waals surface area contributed by atoms with E-state index in [4.69, 9.17) is 23.2 Å². The zero-order chi connectivity index (χ0) is 24.1. The topological polar surface area (TPSA) is 71.8 Å². The Labute approximate surface area is 212 Å². The monoisotopic (exact) mass is 511 g/mol. The molecule has 0 radical (unpaired) electrons. The fraction of sp³-hybridized carbons (Fsp3) is 0.160. The fourth-order valence-corrected chi connectivity index (χ4v) is 4.69. The third kappa shape index (κ3) is 6.11. The number of nitrogens with one attached hydrogen (secondary N) is 2. The SMILES string of the molecule is Cc1cccc(CSc2nnc(CNC(=O)Nc3cccc(C)c3)n2-c2cc(Cl)ccc2Cl)c1. The van der Waals surface area contributed by atoms with Crippen LogP contribution in [-0.2, 0) is 12.3 Å². The number of carbonyl (C=O) groups is 1. The van der Waals surface area contributed by atoms with E-state index in [2.05, 4.69) is 46.0 Å². The standard InChI is InChI=1S/C25H23Cl2N5OS/c1-16-5-3-7-18(11-16)15-34-25-31-30-23(32(25)22-13-19(26)9-10-21(22)27)14-28-24(33)29-20-8-4-6-17(2)12-20/h3-13H,14-15H2,1-2H3,(H2,28,29,33). The average Bonchev–Trinajstić information content (AvgIpc) is 3.20. The summed E-state index contributed by atoms with van der Waals surface area (Å²) in [6.07, 6.45) is 0. The molecule has 0 saturated carbocycles. The molecule has 2 N–H and O–H groups in total. The number of amides is 2. The Kier molecular flexibility index (Phi) is 7.77. The first kappa shape index (κ1) is 24.1. The highest BCUT2D eigenvalue weighted by atomic mass is 35.5. The molecule has 0 unspecified atom stereocenters. The summed E-state index contributed by atoms with van der Waals surface area (Å²) in [4.78, 5) is 12.5. The molecule has 9 heteroatoms. The van der Waals surface area contributed by atoms with Gasteiger partial charge in [-0.1, -0.05) is 76.9 Å². The van der Waals surface area contributed by atoms with Crippen molar-refractivity contribution in [2.24, 2.45) is 0 Å². The lowest BCUT2D eigenvalue weighted by Gasteiger charge is -2.13. The zero-order valence-corrected chi connectivity index (χ0v) is 21.0. The van der Waals surface area contributed by atoms with Crippen molar-refractivity contribution in [2.45, 2.75) is 31.3 Å². The summed E-state index contributed by atoms with van der Waals surface area (Å²) in [5.41, 5.74) is 4.80. The molecule has 1 aromatic heterocycles. The molecular weight excluding hydrogens is 489 g/mol. The van der Waals surface area contributed by atoms with E-state index in [-0.39, 0.29) is 12.6 Å². The molecule has 0 atom stereocenters. The molecule has 6 nitrogen and oxygen atoms in total. The third-order valence-corrected chi connectivity index (χ3v) is 6.54. The van der Waals surface area contributed by atoms with Gasteiger partial charge in [0.15, 0.2) is 11.0 Å². The summed E-state index contributed by atoms with van der Waals surface area (Å²) in [5.74, 6) is 1.24. The minimum atomic E-state index is -0.341. The van der Waals surface area contributed by atoms with Crippen molar-refractivity contribution >= 4 is 46.7 Å². The minimum absolute atomic E-state index is 0.151. The van der Waals surface area contributed by atoms with Gasteiger partial charge in [0, 0.05) is 16.5 Å². The molecule has 4 aromatic rings. The van der Waals surface area contributed by atoms with Crippen LogP contribution in [0.1, 0.15) is 22.5 Å². The molecule has 34 heavy (non-hydrogen) atoms. The van der Waals surface area contributed by atoms with Crippen molar-refractivity contribution in [3.8, 4) is 5.69 Å². The van der Waals surface area contributed by atoms with Gasteiger partial charge in [-0.3, -0.25) is 4.57 Å². The number of hydrogen-bond acceptors (Lipinski definition) is 4. The zero-order valence-electron chi connectivity index (χ0n) is 18.7. The number of aromatic nitrogens is 3. The van der Waals surface area contributed by atoms with Gasteiger partial charge < -0.3 is 10.6 Å². The van der Waals surface area contributed by atoms with E-state index in [0.717, 1.165) is 5.56 Å². The molecule has 0 spiro atoms. The number of anilines is 1. The predicted octanol–water partition coefficient (Wildman–Crippen LogP) is 6.80. The van der Waals surface area contributed by atoms with Crippen LogP contribution >= 0.6 is 35.0 Å². The molecule has 0 aliphatic rings. The lowest BCUT2D eigenvalue weighted by molar-refractivity contribution is 0.251. The number of hydrogen-bond donors (Lipinski definition) is 2. The Hall–Kier alpha value is -3.00. The lowest BCUT2D eigenvalue weighted by atomic mass is 10.2. The molecule has 0 fully saturated rings. The number of benzene rings is 3. The maximum atomic E-state index is 12.5. The largest absolute Gasteiger partial charge is 0.331 e. The molecule has 1 heterocycles. The highest BCUT2D eigenvalue weighted by molar-refractivity contribution is 7.98. The first-order valence-electron chi connectivity index (χ1n) is 10.6. The van der Waals surface area contributed by atoms with Gasteiger partial charge >= 0.3 is 6.03 Å². The van der Waals surface area contributed by atoms with Crippen LogP contribution in [0.25, 0.3) is 5.69 Å². The van der Waals surface area contributed by atoms with E-state index in [1.54, 1.807) is 18.2 Å². The number of carbonyl (C=O) groups excluding carboxylic acids is 1. The van der Waals surface area contributed by atoms with Crippen molar-refractivity contribution in [1.82, 2.24) is 20.1 Å². The molecule has 0 bridgehead atoms. The summed E-state index contributed by atoms with van der Waals surface area (Å²) >= 11 is 14.3. The van der Waals surface area contributed by atoms with E-state index in [1.807, 2.05) is 41.8 Å². The van der Waals surface area contributed by atoms with Crippen LogP contribution < -0.4 is 10.6 Å². The normalized spacial score (nSPS) is 10.8. The molecule has 0 aliphatic heterocycles. The van der Waals surface area contributed by atoms with Gasteiger partial charge in [-0.2, -0.15) is 0 Å². The van der Waals surface area contributed by atoms with Gasteiger partial charge in [0.2, 0.25) is 0 Å². The quantitative estimate of drug-likeness (QED) is 0.267. The van der Waals surface area contributed by atoms with E-state index >= 15 is 0 Å². The van der Waals surface area contributed by atoms with E-state index in [9.17, 15) is 4.79 Å². The van der Waals surface area contributed by atoms with Crippen molar-refractivity contribution in [1.29, 1.82) is 0 Å². The van der Waals surface area contributed by atoms with Gasteiger partial charge in [0.25, 0.3) is 0 Å². The maximum Gasteiger partial charge on any atom is 0.319 e.